The van der Waals surface area contributed by atoms with Gasteiger partial charge in [-0.2, -0.15) is 0 Å². The lowest BCUT2D eigenvalue weighted by molar-refractivity contribution is 0.526. The summed E-state index contributed by atoms with van der Waals surface area (Å²) in [5, 5.41) is 0. The lowest BCUT2D eigenvalue weighted by Crippen LogP contribution is -2.43. The van der Waals surface area contributed by atoms with Crippen LogP contribution in [-0.4, -0.2) is 22.8 Å². The van der Waals surface area contributed by atoms with Gasteiger partial charge in [0, 0.05) is 43.4 Å². The minimum Gasteiger partial charge on any atom is -0.329 e. The predicted octanol–water partition coefficient (Wildman–Crippen LogP) is 6.48. The highest BCUT2D eigenvalue weighted by molar-refractivity contribution is 5.85. The van der Waals surface area contributed by atoms with Crippen LogP contribution >= 0.6 is 0 Å². The fraction of sp³-hybridized carbons (Fsp3) is 0.107. The topological polar surface area (TPSA) is 21.1 Å². The van der Waals surface area contributed by atoms with Gasteiger partial charge in [-0.1, -0.05) is 60.7 Å². The number of hydrogen-bond acceptors (Lipinski definition) is 2. The van der Waals surface area contributed by atoms with Gasteiger partial charge in [0.25, 0.3) is 0 Å². The number of quaternary nitrogens is 1. The highest BCUT2D eigenvalue weighted by Gasteiger charge is 2.46. The first-order chi connectivity index (χ1) is 15.9. The molecule has 1 aromatic heterocycles. The first-order valence-electron chi connectivity index (χ1n) is 11.1. The smallest absolute Gasteiger partial charge is 0.169 e. The van der Waals surface area contributed by atoms with E-state index < -0.39 is 0 Å². The van der Waals surface area contributed by atoms with Crippen molar-refractivity contribution in [3.63, 3.8) is 0 Å². The van der Waals surface area contributed by atoms with Gasteiger partial charge in [0.15, 0.2) is 12.4 Å². The fourth-order valence-electron chi connectivity index (χ4n) is 5.03. The number of nitrogens with zero attached hydrogens (tertiary/aromatic N) is 4. The molecule has 32 heavy (non-hydrogen) atoms. The van der Waals surface area contributed by atoms with Crippen LogP contribution in [0.2, 0.25) is 0 Å². The second-order valence-electron chi connectivity index (χ2n) is 8.30. The molecule has 0 aliphatic carbocycles. The molecule has 0 amide bonds. The molecule has 0 radical (unpaired) electrons. The number of rotatable bonds is 5. The summed E-state index contributed by atoms with van der Waals surface area (Å²) in [6.07, 6.45) is 1.96. The van der Waals surface area contributed by atoms with E-state index in [0.717, 1.165) is 25.3 Å². The molecule has 0 atom stereocenters. The molecule has 0 unspecified atom stereocenters. The molecule has 0 bridgehead atoms. The molecule has 4 aromatic carbocycles. The van der Waals surface area contributed by atoms with Crippen molar-refractivity contribution in [3.8, 4) is 0 Å². The highest BCUT2D eigenvalue weighted by atomic mass is 15.5. The summed E-state index contributed by atoms with van der Waals surface area (Å²) in [5.74, 6) is 0. The van der Waals surface area contributed by atoms with E-state index in [4.69, 9.17) is 0 Å². The van der Waals surface area contributed by atoms with Crippen LogP contribution in [0.3, 0.4) is 0 Å². The Balaban J connectivity index is 1.43. The van der Waals surface area contributed by atoms with Crippen molar-refractivity contribution >= 4 is 33.8 Å². The van der Waals surface area contributed by atoms with E-state index in [0.29, 0.717) is 4.48 Å². The molecule has 0 spiro atoms. The van der Waals surface area contributed by atoms with E-state index in [1.165, 1.54) is 28.3 Å². The van der Waals surface area contributed by atoms with E-state index in [-0.39, 0.29) is 0 Å². The number of aromatic nitrogens is 2. The second kappa shape index (κ2) is 7.66. The minimum atomic E-state index is 0.697. The normalized spacial score (nSPS) is 14.6. The SMILES string of the molecule is c1ccc([N+]2(c3ccccc3)CN(CCn3cnc4ccccc43)c3ccccc32)cc1. The number of fused-ring (bicyclic) bond motifs is 2. The molecular formula is C28H25N4+. The zero-order valence-electron chi connectivity index (χ0n) is 17.9. The largest absolute Gasteiger partial charge is 0.329 e. The van der Waals surface area contributed by atoms with Gasteiger partial charge in [0.05, 0.1) is 17.4 Å². The van der Waals surface area contributed by atoms with Crippen LogP contribution in [0.5, 0.6) is 0 Å². The predicted molar refractivity (Wildman–Crippen MR) is 132 cm³/mol. The summed E-state index contributed by atoms with van der Waals surface area (Å²) < 4.78 is 2.96. The maximum atomic E-state index is 4.57. The summed E-state index contributed by atoms with van der Waals surface area (Å²) in [6, 6.07) is 38.9. The van der Waals surface area contributed by atoms with Crippen molar-refractivity contribution in [2.75, 3.05) is 18.1 Å². The van der Waals surface area contributed by atoms with Gasteiger partial charge in [-0.3, -0.25) is 0 Å². The van der Waals surface area contributed by atoms with Crippen LogP contribution in [0.15, 0.2) is 116 Å². The van der Waals surface area contributed by atoms with Crippen LogP contribution in [-0.2, 0) is 6.54 Å². The Morgan fingerprint density at radius 2 is 1.28 bits per heavy atom. The van der Waals surface area contributed by atoms with Crippen molar-refractivity contribution in [2.45, 2.75) is 6.54 Å². The lowest BCUT2D eigenvalue weighted by atomic mass is 10.1. The monoisotopic (exact) mass is 417 g/mol. The fourth-order valence-corrected chi connectivity index (χ4v) is 5.03. The maximum absolute atomic E-state index is 4.57. The van der Waals surface area contributed by atoms with Crippen LogP contribution in [0.1, 0.15) is 0 Å². The Kier molecular flexibility index (Phi) is 4.51. The molecule has 0 N–H and O–H groups in total. The number of hydrogen-bond donors (Lipinski definition) is 0. The highest BCUT2D eigenvalue weighted by Crippen LogP contribution is 2.52. The second-order valence-corrected chi connectivity index (χ2v) is 8.30. The quantitative estimate of drug-likeness (QED) is 0.305. The van der Waals surface area contributed by atoms with Gasteiger partial charge >= 0.3 is 0 Å². The molecule has 0 saturated carbocycles. The maximum Gasteiger partial charge on any atom is 0.169 e. The van der Waals surface area contributed by atoms with Crippen molar-refractivity contribution in [1.29, 1.82) is 0 Å². The van der Waals surface area contributed by atoms with Gasteiger partial charge in [-0.15, -0.1) is 0 Å². The third-order valence-electron chi connectivity index (χ3n) is 6.55. The van der Waals surface area contributed by atoms with E-state index in [1.54, 1.807) is 0 Å². The van der Waals surface area contributed by atoms with Crippen molar-refractivity contribution in [3.05, 3.63) is 116 Å². The summed E-state index contributed by atoms with van der Waals surface area (Å²) in [7, 11) is 0. The number of imidazole rings is 1. The van der Waals surface area contributed by atoms with E-state index >= 15 is 0 Å². The molecule has 2 heterocycles. The molecule has 156 valence electrons. The average Bonchev–Trinajstić information content (AvgIpc) is 3.44. The van der Waals surface area contributed by atoms with Gasteiger partial charge in [0.1, 0.15) is 17.1 Å². The molecule has 4 heteroatoms. The van der Waals surface area contributed by atoms with Crippen molar-refractivity contribution in [2.24, 2.45) is 0 Å². The minimum absolute atomic E-state index is 0.697. The lowest BCUT2D eigenvalue weighted by Gasteiger charge is -2.33. The van der Waals surface area contributed by atoms with Crippen LogP contribution in [0.4, 0.5) is 22.7 Å². The Hall–Kier alpha value is -3.89. The summed E-state index contributed by atoms with van der Waals surface area (Å²) in [6.45, 7) is 2.66. The van der Waals surface area contributed by atoms with Crippen LogP contribution in [0.25, 0.3) is 11.0 Å². The van der Waals surface area contributed by atoms with E-state index in [9.17, 15) is 0 Å². The summed E-state index contributed by atoms with van der Waals surface area (Å²) in [5.41, 5.74) is 7.41. The van der Waals surface area contributed by atoms with Crippen molar-refractivity contribution in [1.82, 2.24) is 14.0 Å². The molecule has 0 fully saturated rings. The number of benzene rings is 4. The van der Waals surface area contributed by atoms with Crippen LogP contribution < -0.4 is 9.38 Å². The molecule has 5 aromatic rings. The average molecular weight is 418 g/mol. The van der Waals surface area contributed by atoms with E-state index in [2.05, 4.69) is 118 Å². The Morgan fingerprint density at radius 3 is 2.03 bits per heavy atom. The van der Waals surface area contributed by atoms with Crippen LogP contribution in [0, 0.1) is 0 Å². The van der Waals surface area contributed by atoms with Gasteiger partial charge in [0.2, 0.25) is 0 Å². The summed E-state index contributed by atoms with van der Waals surface area (Å²) in [4.78, 5) is 7.09. The zero-order valence-corrected chi connectivity index (χ0v) is 17.9. The first-order valence-corrected chi connectivity index (χ1v) is 11.1. The number of para-hydroxylation sites is 6. The molecule has 0 saturated heterocycles. The number of anilines is 1. The molecule has 4 nitrogen and oxygen atoms in total. The van der Waals surface area contributed by atoms with E-state index in [1.807, 2.05) is 12.4 Å². The van der Waals surface area contributed by atoms with Gasteiger partial charge in [-0.25, -0.2) is 9.47 Å². The zero-order chi connectivity index (χ0) is 21.4. The molecule has 1 aliphatic heterocycles. The van der Waals surface area contributed by atoms with Gasteiger partial charge in [-0.05, 0) is 18.2 Å². The molecule has 1 aliphatic rings. The standard InChI is InChI=1S/C28H25N4/c1-3-11-23(12-4-1)32(24-13-5-2-6-14-24)22-31(27-17-9-10-18-28(27)32)20-19-30-21-29-25-15-7-8-16-26(25)30/h1-18,21H,19-20,22H2/q+1. The Labute approximate surface area is 188 Å². The van der Waals surface area contributed by atoms with Gasteiger partial charge < -0.3 is 9.47 Å². The molecule has 6 rings (SSSR count). The Morgan fingerprint density at radius 1 is 0.656 bits per heavy atom. The first kappa shape index (κ1) is 18.8. The third-order valence-corrected chi connectivity index (χ3v) is 6.55. The van der Waals surface area contributed by atoms with Crippen molar-refractivity contribution < 1.29 is 0 Å². The summed E-state index contributed by atoms with van der Waals surface area (Å²) >= 11 is 0. The molecular weight excluding hydrogens is 392 g/mol. The Bertz CT molecular complexity index is 1320. The third kappa shape index (κ3) is 2.92.